The monoisotopic (exact) mass is 317 g/mol. The zero-order valence-corrected chi connectivity index (χ0v) is 14.3. The van der Waals surface area contributed by atoms with Crippen molar-refractivity contribution in [2.24, 2.45) is 5.92 Å². The number of benzene rings is 1. The van der Waals surface area contributed by atoms with Crippen molar-refractivity contribution in [2.75, 3.05) is 6.54 Å². The molecule has 1 aromatic carbocycles. The third kappa shape index (κ3) is 4.25. The second-order valence-electron chi connectivity index (χ2n) is 7.89. The van der Waals surface area contributed by atoms with E-state index in [0.717, 1.165) is 18.5 Å². The molecule has 0 aliphatic heterocycles. The molecule has 4 heteroatoms. The Bertz CT molecular complexity index is 557. The van der Waals surface area contributed by atoms with E-state index in [0.29, 0.717) is 11.8 Å². The fourth-order valence-electron chi connectivity index (χ4n) is 3.00. The molecular formula is C19H27NO3. The molecule has 2 unspecified atom stereocenters. The molecule has 126 valence electrons. The van der Waals surface area contributed by atoms with Crippen molar-refractivity contribution in [3.63, 3.8) is 0 Å². The Morgan fingerprint density at radius 2 is 1.91 bits per heavy atom. The number of carbonyl (C=O) groups excluding carboxylic acids is 1. The first-order valence-electron chi connectivity index (χ1n) is 8.56. The van der Waals surface area contributed by atoms with Gasteiger partial charge in [0.15, 0.2) is 0 Å². The summed E-state index contributed by atoms with van der Waals surface area (Å²) in [6.07, 6.45) is 3.28. The highest BCUT2D eigenvalue weighted by molar-refractivity contribution is 5.69. The van der Waals surface area contributed by atoms with Gasteiger partial charge < -0.3 is 14.7 Å². The SMILES string of the molecule is CC(C)(C)OC(=O)N(CC1CC1)C1CC1c1ccc(CO)cc1. The van der Waals surface area contributed by atoms with E-state index in [-0.39, 0.29) is 18.7 Å². The first kappa shape index (κ1) is 16.3. The maximum absolute atomic E-state index is 12.6. The van der Waals surface area contributed by atoms with E-state index in [1.807, 2.05) is 37.8 Å². The van der Waals surface area contributed by atoms with Crippen LogP contribution in [0.4, 0.5) is 4.79 Å². The number of rotatable bonds is 5. The molecule has 2 aliphatic rings. The quantitative estimate of drug-likeness (QED) is 0.901. The molecule has 2 saturated carbocycles. The molecule has 2 fully saturated rings. The summed E-state index contributed by atoms with van der Waals surface area (Å²) in [6.45, 7) is 6.64. The molecule has 0 bridgehead atoms. The summed E-state index contributed by atoms with van der Waals surface area (Å²) < 4.78 is 5.60. The molecule has 0 saturated heterocycles. The first-order valence-corrected chi connectivity index (χ1v) is 8.56. The van der Waals surface area contributed by atoms with Crippen LogP contribution in [-0.4, -0.2) is 34.3 Å². The Balaban J connectivity index is 1.67. The molecule has 0 aromatic heterocycles. The van der Waals surface area contributed by atoms with Gasteiger partial charge in [-0.2, -0.15) is 0 Å². The van der Waals surface area contributed by atoms with Gasteiger partial charge in [0.05, 0.1) is 6.61 Å². The lowest BCUT2D eigenvalue weighted by atomic mass is 10.1. The van der Waals surface area contributed by atoms with Gasteiger partial charge in [0.2, 0.25) is 0 Å². The molecule has 0 spiro atoms. The van der Waals surface area contributed by atoms with Crippen LogP contribution in [0.25, 0.3) is 0 Å². The molecule has 2 aliphatic carbocycles. The van der Waals surface area contributed by atoms with E-state index < -0.39 is 5.60 Å². The second kappa shape index (κ2) is 6.16. The first-order chi connectivity index (χ1) is 10.9. The fourth-order valence-corrected chi connectivity index (χ4v) is 3.00. The van der Waals surface area contributed by atoms with E-state index in [2.05, 4.69) is 12.1 Å². The molecule has 2 atom stereocenters. The summed E-state index contributed by atoms with van der Waals surface area (Å²) in [5, 5.41) is 9.14. The van der Waals surface area contributed by atoms with Gasteiger partial charge in [0.1, 0.15) is 5.60 Å². The predicted octanol–water partition coefficient (Wildman–Crippen LogP) is 3.68. The Labute approximate surface area is 138 Å². The zero-order chi connectivity index (χ0) is 16.6. The normalized spacial score (nSPS) is 23.5. The lowest BCUT2D eigenvalue weighted by Gasteiger charge is -2.28. The van der Waals surface area contributed by atoms with Gasteiger partial charge in [-0.25, -0.2) is 4.79 Å². The van der Waals surface area contributed by atoms with Gasteiger partial charge in [-0.05, 0) is 57.1 Å². The fraction of sp³-hybridized carbons (Fsp3) is 0.632. The van der Waals surface area contributed by atoms with Crippen LogP contribution in [0.2, 0.25) is 0 Å². The van der Waals surface area contributed by atoms with Crippen molar-refractivity contribution in [2.45, 2.75) is 64.2 Å². The molecule has 1 aromatic rings. The Morgan fingerprint density at radius 1 is 1.26 bits per heavy atom. The molecule has 0 radical (unpaired) electrons. The smallest absolute Gasteiger partial charge is 0.410 e. The summed E-state index contributed by atoms with van der Waals surface area (Å²) in [5.41, 5.74) is 1.72. The van der Waals surface area contributed by atoms with Gasteiger partial charge in [0, 0.05) is 18.5 Å². The summed E-state index contributed by atoms with van der Waals surface area (Å²) in [6, 6.07) is 8.32. The van der Waals surface area contributed by atoms with E-state index in [9.17, 15) is 4.79 Å². The topological polar surface area (TPSA) is 49.8 Å². The van der Waals surface area contributed by atoms with Crippen LogP contribution in [0.5, 0.6) is 0 Å². The molecule has 23 heavy (non-hydrogen) atoms. The van der Waals surface area contributed by atoms with E-state index in [4.69, 9.17) is 9.84 Å². The van der Waals surface area contributed by atoms with E-state index in [1.165, 1.54) is 18.4 Å². The number of aliphatic hydroxyl groups is 1. The van der Waals surface area contributed by atoms with Crippen molar-refractivity contribution < 1.29 is 14.6 Å². The molecule has 1 amide bonds. The minimum absolute atomic E-state index is 0.0695. The third-order valence-corrected chi connectivity index (χ3v) is 4.53. The van der Waals surface area contributed by atoms with Gasteiger partial charge in [-0.15, -0.1) is 0 Å². The van der Waals surface area contributed by atoms with Crippen molar-refractivity contribution in [1.82, 2.24) is 4.90 Å². The van der Waals surface area contributed by atoms with Gasteiger partial charge in [-0.1, -0.05) is 24.3 Å². The maximum atomic E-state index is 12.6. The lowest BCUT2D eigenvalue weighted by molar-refractivity contribution is 0.0220. The Hall–Kier alpha value is -1.55. The maximum Gasteiger partial charge on any atom is 0.410 e. The van der Waals surface area contributed by atoms with Gasteiger partial charge >= 0.3 is 6.09 Å². The van der Waals surface area contributed by atoms with Crippen LogP contribution in [0, 0.1) is 5.92 Å². The number of aliphatic hydroxyl groups excluding tert-OH is 1. The minimum Gasteiger partial charge on any atom is -0.444 e. The Kier molecular flexibility index (Phi) is 4.37. The zero-order valence-electron chi connectivity index (χ0n) is 14.3. The van der Waals surface area contributed by atoms with Crippen LogP contribution >= 0.6 is 0 Å². The Morgan fingerprint density at radius 3 is 2.43 bits per heavy atom. The minimum atomic E-state index is -0.452. The highest BCUT2D eigenvalue weighted by atomic mass is 16.6. The predicted molar refractivity (Wildman–Crippen MR) is 89.2 cm³/mol. The summed E-state index contributed by atoms with van der Waals surface area (Å²) in [7, 11) is 0. The number of amides is 1. The van der Waals surface area contributed by atoms with Gasteiger partial charge in [-0.3, -0.25) is 0 Å². The second-order valence-corrected chi connectivity index (χ2v) is 7.89. The molecule has 3 rings (SSSR count). The van der Waals surface area contributed by atoms with E-state index in [1.54, 1.807) is 0 Å². The van der Waals surface area contributed by atoms with Crippen molar-refractivity contribution in [3.05, 3.63) is 35.4 Å². The molecule has 1 N–H and O–H groups in total. The molecular weight excluding hydrogens is 290 g/mol. The summed E-state index contributed by atoms with van der Waals surface area (Å²) >= 11 is 0. The van der Waals surface area contributed by atoms with Crippen LogP contribution in [0.1, 0.15) is 57.1 Å². The van der Waals surface area contributed by atoms with E-state index >= 15 is 0 Å². The van der Waals surface area contributed by atoms with Crippen LogP contribution in [0.3, 0.4) is 0 Å². The lowest BCUT2D eigenvalue weighted by Crippen LogP contribution is -2.40. The highest BCUT2D eigenvalue weighted by Crippen LogP contribution is 2.46. The average Bonchev–Trinajstić information content (AvgIpc) is 3.36. The van der Waals surface area contributed by atoms with Gasteiger partial charge in [0.25, 0.3) is 0 Å². The average molecular weight is 317 g/mol. The largest absolute Gasteiger partial charge is 0.444 e. The number of hydrogen-bond donors (Lipinski definition) is 1. The summed E-state index contributed by atoms with van der Waals surface area (Å²) in [4.78, 5) is 14.5. The summed E-state index contributed by atoms with van der Waals surface area (Å²) in [5.74, 6) is 1.05. The number of nitrogens with zero attached hydrogens (tertiary/aromatic N) is 1. The standard InChI is InChI=1S/C19H27NO3/c1-19(2,3)23-18(22)20(11-13-4-5-13)17-10-16(17)15-8-6-14(12-21)7-9-15/h6-9,13,16-17,21H,4-5,10-12H2,1-3H3. The number of ether oxygens (including phenoxy) is 1. The number of carbonyl (C=O) groups is 1. The highest BCUT2D eigenvalue weighted by Gasteiger charge is 2.47. The number of hydrogen-bond acceptors (Lipinski definition) is 3. The molecule has 4 nitrogen and oxygen atoms in total. The van der Waals surface area contributed by atoms with Crippen molar-refractivity contribution in [3.8, 4) is 0 Å². The molecule has 0 heterocycles. The van der Waals surface area contributed by atoms with Crippen LogP contribution < -0.4 is 0 Å². The van der Waals surface area contributed by atoms with Crippen molar-refractivity contribution in [1.29, 1.82) is 0 Å². The van der Waals surface area contributed by atoms with Crippen LogP contribution in [0.15, 0.2) is 24.3 Å². The third-order valence-electron chi connectivity index (χ3n) is 4.53. The van der Waals surface area contributed by atoms with Crippen LogP contribution in [-0.2, 0) is 11.3 Å². The van der Waals surface area contributed by atoms with Crippen molar-refractivity contribution >= 4 is 6.09 Å².